The maximum Gasteiger partial charge on any atom is 0.274 e. The van der Waals surface area contributed by atoms with Crippen LogP contribution in [0.2, 0.25) is 5.02 Å². The Morgan fingerprint density at radius 2 is 1.95 bits per heavy atom. The molecule has 1 aliphatic carbocycles. The van der Waals surface area contributed by atoms with E-state index in [0.717, 1.165) is 25.7 Å². The van der Waals surface area contributed by atoms with Crippen molar-refractivity contribution >= 4 is 29.7 Å². The van der Waals surface area contributed by atoms with Gasteiger partial charge in [-0.3, -0.25) is 10.1 Å². The third-order valence-corrected chi connectivity index (χ3v) is 4.28. The lowest BCUT2D eigenvalue weighted by atomic mass is 9.81. The number of nitro benzene ring substituents is 1. The van der Waals surface area contributed by atoms with Crippen LogP contribution in [-0.2, 0) is 0 Å². The van der Waals surface area contributed by atoms with Crippen LogP contribution in [0, 0.1) is 16.0 Å². The van der Waals surface area contributed by atoms with Crippen LogP contribution in [0.1, 0.15) is 43.7 Å². The Hall–Kier alpha value is -0.880. The van der Waals surface area contributed by atoms with Crippen molar-refractivity contribution in [3.8, 4) is 0 Å². The Morgan fingerprint density at radius 3 is 2.52 bits per heavy atom. The second-order valence-corrected chi connectivity index (χ2v) is 5.81. The number of benzene rings is 1. The quantitative estimate of drug-likeness (QED) is 0.650. The minimum absolute atomic E-state index is 0. The van der Waals surface area contributed by atoms with E-state index in [-0.39, 0.29) is 24.0 Å². The average Bonchev–Trinajstić information content (AvgIpc) is 2.46. The first-order chi connectivity index (χ1) is 9.50. The minimum atomic E-state index is -0.780. The second kappa shape index (κ2) is 7.94. The van der Waals surface area contributed by atoms with Crippen LogP contribution >= 0.6 is 24.0 Å². The van der Waals surface area contributed by atoms with Gasteiger partial charge in [-0.1, -0.05) is 30.9 Å². The summed E-state index contributed by atoms with van der Waals surface area (Å²) < 4.78 is 0. The SMILES string of the molecule is Cl.N[C@H](c1cc(Cl)ccc1[N+](=O)[O-])[C@@H](O)C1CCCCC1. The molecule has 0 heterocycles. The van der Waals surface area contributed by atoms with Gasteiger partial charge in [0.1, 0.15) is 0 Å². The number of hydrogen-bond donors (Lipinski definition) is 2. The number of hydrogen-bond acceptors (Lipinski definition) is 4. The Kier molecular flexibility index (Phi) is 6.87. The molecule has 2 rings (SSSR count). The van der Waals surface area contributed by atoms with Crippen LogP contribution in [-0.4, -0.2) is 16.1 Å². The standard InChI is InChI=1S/C14H19ClN2O3.ClH/c15-10-6-7-12(17(19)20)11(8-10)13(16)14(18)9-4-2-1-3-5-9;/h6-9,13-14,18H,1-5,16H2;1H/t13-,14+;/m1./s1. The number of halogens is 2. The molecule has 0 aromatic heterocycles. The number of rotatable bonds is 4. The number of aliphatic hydroxyl groups excluding tert-OH is 1. The Labute approximate surface area is 135 Å². The molecule has 0 spiro atoms. The van der Waals surface area contributed by atoms with Crippen LogP contribution in [0.3, 0.4) is 0 Å². The topological polar surface area (TPSA) is 89.4 Å². The molecule has 1 aliphatic rings. The van der Waals surface area contributed by atoms with Gasteiger partial charge < -0.3 is 10.8 Å². The monoisotopic (exact) mass is 334 g/mol. The molecule has 0 radical (unpaired) electrons. The zero-order valence-electron chi connectivity index (χ0n) is 11.6. The zero-order chi connectivity index (χ0) is 14.7. The van der Waals surface area contributed by atoms with Gasteiger partial charge in [0, 0.05) is 11.1 Å². The Bertz CT molecular complexity index is 493. The van der Waals surface area contributed by atoms with E-state index in [9.17, 15) is 15.2 Å². The Balaban J connectivity index is 0.00000220. The van der Waals surface area contributed by atoms with Crippen molar-refractivity contribution in [2.45, 2.75) is 44.2 Å². The predicted molar refractivity (Wildman–Crippen MR) is 84.9 cm³/mol. The highest BCUT2D eigenvalue weighted by Gasteiger charge is 2.31. The van der Waals surface area contributed by atoms with Gasteiger partial charge in [-0.05, 0) is 30.9 Å². The number of aliphatic hydroxyl groups is 1. The highest BCUT2D eigenvalue weighted by atomic mass is 35.5. The molecule has 0 amide bonds. The molecule has 1 saturated carbocycles. The summed E-state index contributed by atoms with van der Waals surface area (Å²) in [6, 6.07) is 3.50. The van der Waals surface area contributed by atoms with E-state index in [1.807, 2.05) is 0 Å². The summed E-state index contributed by atoms with van der Waals surface area (Å²) in [7, 11) is 0. The first-order valence-corrected chi connectivity index (χ1v) is 7.26. The fourth-order valence-electron chi connectivity index (χ4n) is 2.91. The molecular weight excluding hydrogens is 315 g/mol. The molecular formula is C14H20Cl2N2O3. The lowest BCUT2D eigenvalue weighted by molar-refractivity contribution is -0.385. The second-order valence-electron chi connectivity index (χ2n) is 5.37. The first-order valence-electron chi connectivity index (χ1n) is 6.88. The fourth-order valence-corrected chi connectivity index (χ4v) is 3.09. The van der Waals surface area contributed by atoms with Crippen molar-refractivity contribution < 1.29 is 10.0 Å². The van der Waals surface area contributed by atoms with E-state index in [0.29, 0.717) is 10.6 Å². The maximum atomic E-state index is 11.1. The summed E-state index contributed by atoms with van der Waals surface area (Å²) >= 11 is 5.90. The van der Waals surface area contributed by atoms with Crippen molar-refractivity contribution in [1.29, 1.82) is 0 Å². The van der Waals surface area contributed by atoms with Gasteiger partial charge in [-0.2, -0.15) is 0 Å². The first kappa shape index (κ1) is 18.2. The van der Waals surface area contributed by atoms with Crippen LogP contribution in [0.15, 0.2) is 18.2 Å². The highest BCUT2D eigenvalue weighted by molar-refractivity contribution is 6.30. The molecule has 5 nitrogen and oxygen atoms in total. The number of nitro groups is 1. The molecule has 21 heavy (non-hydrogen) atoms. The molecule has 1 fully saturated rings. The van der Waals surface area contributed by atoms with Gasteiger partial charge in [-0.25, -0.2) is 0 Å². The number of nitrogens with two attached hydrogens (primary N) is 1. The van der Waals surface area contributed by atoms with Crippen molar-refractivity contribution in [3.63, 3.8) is 0 Å². The van der Waals surface area contributed by atoms with E-state index in [1.54, 1.807) is 0 Å². The summed E-state index contributed by atoms with van der Waals surface area (Å²) in [5, 5.41) is 21.9. The normalized spacial score (nSPS) is 18.6. The number of nitrogens with zero attached hydrogens (tertiary/aromatic N) is 1. The van der Waals surface area contributed by atoms with E-state index in [1.165, 1.54) is 24.6 Å². The molecule has 0 saturated heterocycles. The zero-order valence-corrected chi connectivity index (χ0v) is 13.1. The van der Waals surface area contributed by atoms with Gasteiger partial charge in [0.2, 0.25) is 0 Å². The maximum absolute atomic E-state index is 11.1. The third-order valence-electron chi connectivity index (χ3n) is 4.05. The van der Waals surface area contributed by atoms with Crippen LogP contribution in [0.25, 0.3) is 0 Å². The largest absolute Gasteiger partial charge is 0.391 e. The summed E-state index contributed by atoms with van der Waals surface area (Å²) in [5.74, 6) is 0.109. The van der Waals surface area contributed by atoms with Crippen molar-refractivity contribution in [3.05, 3.63) is 38.9 Å². The summed E-state index contributed by atoms with van der Waals surface area (Å²) in [6.45, 7) is 0. The van der Waals surface area contributed by atoms with Gasteiger partial charge >= 0.3 is 0 Å². The van der Waals surface area contributed by atoms with Gasteiger partial charge in [-0.15, -0.1) is 12.4 Å². The highest BCUT2D eigenvalue weighted by Crippen LogP contribution is 2.35. The molecule has 118 valence electrons. The summed E-state index contributed by atoms with van der Waals surface area (Å²) in [5.41, 5.74) is 6.28. The van der Waals surface area contributed by atoms with Crippen LogP contribution in [0.5, 0.6) is 0 Å². The van der Waals surface area contributed by atoms with Gasteiger partial charge in [0.25, 0.3) is 5.69 Å². The van der Waals surface area contributed by atoms with Crippen LogP contribution in [0.4, 0.5) is 5.69 Å². The van der Waals surface area contributed by atoms with Crippen molar-refractivity contribution in [2.75, 3.05) is 0 Å². The molecule has 1 aromatic rings. The molecule has 0 aliphatic heterocycles. The van der Waals surface area contributed by atoms with E-state index in [2.05, 4.69) is 0 Å². The average molecular weight is 335 g/mol. The van der Waals surface area contributed by atoms with Gasteiger partial charge in [0.05, 0.1) is 22.6 Å². The molecule has 0 bridgehead atoms. The van der Waals surface area contributed by atoms with E-state index < -0.39 is 17.1 Å². The van der Waals surface area contributed by atoms with Crippen molar-refractivity contribution in [2.24, 2.45) is 11.7 Å². The Morgan fingerprint density at radius 1 is 1.33 bits per heavy atom. The summed E-state index contributed by atoms with van der Waals surface area (Å²) in [4.78, 5) is 10.6. The minimum Gasteiger partial charge on any atom is -0.391 e. The van der Waals surface area contributed by atoms with Crippen molar-refractivity contribution in [1.82, 2.24) is 0 Å². The summed E-state index contributed by atoms with van der Waals surface area (Å²) in [6.07, 6.45) is 4.40. The molecule has 2 atom stereocenters. The van der Waals surface area contributed by atoms with Crippen LogP contribution < -0.4 is 5.73 Å². The fraction of sp³-hybridized carbons (Fsp3) is 0.571. The van der Waals surface area contributed by atoms with E-state index in [4.69, 9.17) is 17.3 Å². The lowest BCUT2D eigenvalue weighted by Crippen LogP contribution is -2.34. The molecule has 1 aromatic carbocycles. The smallest absolute Gasteiger partial charge is 0.274 e. The lowest BCUT2D eigenvalue weighted by Gasteiger charge is -2.30. The molecule has 0 unspecified atom stereocenters. The molecule has 3 N–H and O–H groups in total. The third kappa shape index (κ3) is 4.30. The predicted octanol–water partition coefficient (Wildman–Crippen LogP) is 3.61. The van der Waals surface area contributed by atoms with Gasteiger partial charge in [0.15, 0.2) is 0 Å². The van der Waals surface area contributed by atoms with E-state index >= 15 is 0 Å². The molecule has 7 heteroatoms.